The molecule has 0 saturated carbocycles. The summed E-state index contributed by atoms with van der Waals surface area (Å²) in [7, 11) is 1.75. The summed E-state index contributed by atoms with van der Waals surface area (Å²) >= 11 is 0. The molecule has 0 radical (unpaired) electrons. The van der Waals surface area contributed by atoms with Crippen LogP contribution in [0.4, 0.5) is 0 Å². The first-order valence-electron chi connectivity index (χ1n) is 3.98. The summed E-state index contributed by atoms with van der Waals surface area (Å²) in [5.74, 6) is 0.111. The van der Waals surface area contributed by atoms with E-state index in [2.05, 4.69) is 5.32 Å². The van der Waals surface area contributed by atoms with Crippen molar-refractivity contribution in [2.75, 3.05) is 13.6 Å². The van der Waals surface area contributed by atoms with Gasteiger partial charge in [-0.05, 0) is 6.42 Å². The van der Waals surface area contributed by atoms with Gasteiger partial charge in [0.1, 0.15) is 0 Å². The van der Waals surface area contributed by atoms with Crippen molar-refractivity contribution < 1.29 is 4.79 Å². The van der Waals surface area contributed by atoms with Crippen molar-refractivity contribution in [3.8, 4) is 0 Å². The Morgan fingerprint density at radius 3 is 2.92 bits per heavy atom. The molecule has 0 spiro atoms. The second kappa shape index (κ2) is 3.90. The average Bonchev–Trinajstić information content (AvgIpc) is 2.47. The van der Waals surface area contributed by atoms with Crippen molar-refractivity contribution in [2.24, 2.45) is 0 Å². The lowest BCUT2D eigenvalue weighted by molar-refractivity contribution is -0.125. The van der Waals surface area contributed by atoms with Crippen LogP contribution in [0.2, 0.25) is 0 Å². The van der Waals surface area contributed by atoms with Gasteiger partial charge in [0.15, 0.2) is 0 Å². The van der Waals surface area contributed by atoms with Gasteiger partial charge in [-0.25, -0.2) is 0 Å². The third kappa shape index (κ3) is 1.64. The van der Waals surface area contributed by atoms with Gasteiger partial charge < -0.3 is 15.6 Å². The van der Waals surface area contributed by atoms with E-state index in [9.17, 15) is 4.79 Å². The maximum atomic E-state index is 11.2. The Balaban J connectivity index is 2.71. The molecule has 1 aliphatic heterocycles. The van der Waals surface area contributed by atoms with Crippen molar-refractivity contribution in [1.82, 2.24) is 10.2 Å². The monoisotopic (exact) mass is 167 g/mol. The van der Waals surface area contributed by atoms with Crippen LogP contribution in [-0.2, 0) is 4.79 Å². The molecule has 0 aromatic carbocycles. The van der Waals surface area contributed by atoms with Crippen LogP contribution < -0.4 is 5.32 Å². The number of hydrogen-bond acceptors (Lipinski definition) is 3. The quantitative estimate of drug-likeness (QED) is 0.595. The zero-order valence-corrected chi connectivity index (χ0v) is 7.13. The van der Waals surface area contributed by atoms with Crippen LogP contribution in [-0.4, -0.2) is 30.6 Å². The predicted molar refractivity (Wildman–Crippen MR) is 46.9 cm³/mol. The number of rotatable bonds is 3. The highest BCUT2D eigenvalue weighted by molar-refractivity contribution is 5.88. The number of nitrogens with one attached hydrogen (secondary N) is 2. The molecule has 0 aliphatic carbocycles. The van der Waals surface area contributed by atoms with Crippen LogP contribution in [0, 0.1) is 5.41 Å². The zero-order chi connectivity index (χ0) is 8.97. The molecule has 1 amide bonds. The normalized spacial score (nSPS) is 18.2. The molecule has 1 rings (SSSR count). The molecule has 1 saturated heterocycles. The highest BCUT2D eigenvalue weighted by Gasteiger charge is 2.22. The fourth-order valence-corrected chi connectivity index (χ4v) is 1.27. The van der Waals surface area contributed by atoms with Gasteiger partial charge in [-0.1, -0.05) is 0 Å². The van der Waals surface area contributed by atoms with Gasteiger partial charge in [-0.2, -0.15) is 0 Å². The molecule has 12 heavy (non-hydrogen) atoms. The van der Waals surface area contributed by atoms with E-state index in [-0.39, 0.29) is 5.91 Å². The van der Waals surface area contributed by atoms with Crippen LogP contribution in [0.5, 0.6) is 0 Å². The first-order chi connectivity index (χ1) is 5.79. The number of amides is 1. The molecule has 1 heterocycles. The second-order valence-corrected chi connectivity index (χ2v) is 2.65. The molecule has 0 aromatic heterocycles. The molecule has 0 bridgehead atoms. The van der Waals surface area contributed by atoms with Crippen LogP contribution in [0.1, 0.15) is 12.8 Å². The Morgan fingerprint density at radius 2 is 2.50 bits per heavy atom. The molecule has 4 nitrogen and oxygen atoms in total. The van der Waals surface area contributed by atoms with Crippen molar-refractivity contribution in [3.05, 3.63) is 11.9 Å². The summed E-state index contributed by atoms with van der Waals surface area (Å²) in [5.41, 5.74) is 0.639. The van der Waals surface area contributed by atoms with Crippen LogP contribution in [0.15, 0.2) is 11.9 Å². The second-order valence-electron chi connectivity index (χ2n) is 2.65. The SMILES string of the molecule is CN/C=C(\C=N)N1CCCC1=O. The van der Waals surface area contributed by atoms with E-state index in [0.29, 0.717) is 12.1 Å². The van der Waals surface area contributed by atoms with E-state index in [4.69, 9.17) is 5.41 Å². The smallest absolute Gasteiger partial charge is 0.227 e. The Morgan fingerprint density at radius 1 is 1.75 bits per heavy atom. The lowest BCUT2D eigenvalue weighted by Crippen LogP contribution is -2.25. The molecule has 0 atom stereocenters. The lowest BCUT2D eigenvalue weighted by Gasteiger charge is -2.15. The van der Waals surface area contributed by atoms with Crippen LogP contribution in [0.25, 0.3) is 0 Å². The minimum atomic E-state index is 0.111. The minimum Gasteiger partial charge on any atom is -0.392 e. The summed E-state index contributed by atoms with van der Waals surface area (Å²) in [4.78, 5) is 12.8. The molecule has 66 valence electrons. The fraction of sp³-hybridized carbons (Fsp3) is 0.500. The third-order valence-corrected chi connectivity index (χ3v) is 1.83. The summed E-state index contributed by atoms with van der Waals surface area (Å²) in [6.07, 6.45) is 4.36. The first kappa shape index (κ1) is 8.77. The van der Waals surface area contributed by atoms with E-state index in [1.165, 1.54) is 6.21 Å². The van der Waals surface area contributed by atoms with Gasteiger partial charge >= 0.3 is 0 Å². The van der Waals surface area contributed by atoms with Crippen molar-refractivity contribution in [2.45, 2.75) is 12.8 Å². The average molecular weight is 167 g/mol. The van der Waals surface area contributed by atoms with E-state index in [0.717, 1.165) is 13.0 Å². The van der Waals surface area contributed by atoms with Crippen LogP contribution >= 0.6 is 0 Å². The molecule has 0 unspecified atom stereocenters. The first-order valence-corrected chi connectivity index (χ1v) is 3.98. The molecule has 0 aromatic rings. The summed E-state index contributed by atoms with van der Waals surface area (Å²) < 4.78 is 0. The number of nitrogens with zero attached hydrogens (tertiary/aromatic N) is 1. The van der Waals surface area contributed by atoms with Gasteiger partial charge in [-0.3, -0.25) is 4.79 Å². The molecule has 1 fully saturated rings. The number of hydrogen-bond donors (Lipinski definition) is 2. The third-order valence-electron chi connectivity index (χ3n) is 1.83. The van der Waals surface area contributed by atoms with Crippen molar-refractivity contribution in [3.63, 3.8) is 0 Å². The predicted octanol–water partition coefficient (Wildman–Crippen LogP) is 0.319. The zero-order valence-electron chi connectivity index (χ0n) is 7.13. The molecule has 4 heteroatoms. The summed E-state index contributed by atoms with van der Waals surface area (Å²) in [6.45, 7) is 0.738. The van der Waals surface area contributed by atoms with Crippen molar-refractivity contribution in [1.29, 1.82) is 5.41 Å². The lowest BCUT2D eigenvalue weighted by atomic mass is 10.4. The Bertz CT molecular complexity index is 222. The maximum absolute atomic E-state index is 11.2. The fourth-order valence-electron chi connectivity index (χ4n) is 1.27. The van der Waals surface area contributed by atoms with E-state index in [1.54, 1.807) is 18.1 Å². The Labute approximate surface area is 71.8 Å². The summed E-state index contributed by atoms with van der Waals surface area (Å²) in [5, 5.41) is 9.90. The number of likely N-dealkylation sites (tertiary alicyclic amines) is 1. The van der Waals surface area contributed by atoms with Gasteiger partial charge in [0, 0.05) is 32.4 Å². The molecular formula is C8H13N3O. The number of carbonyl (C=O) groups is 1. The topological polar surface area (TPSA) is 56.2 Å². The van der Waals surface area contributed by atoms with Gasteiger partial charge in [-0.15, -0.1) is 0 Å². The molecule has 1 aliphatic rings. The highest BCUT2D eigenvalue weighted by atomic mass is 16.2. The standard InChI is InChI=1S/C8H13N3O/c1-10-6-7(5-9)11-4-2-3-8(11)12/h5-6,9-10H,2-4H2,1H3/b7-6+,9-5?. The largest absolute Gasteiger partial charge is 0.392 e. The van der Waals surface area contributed by atoms with Gasteiger partial charge in [0.2, 0.25) is 5.91 Å². The number of allylic oxidation sites excluding steroid dienone is 1. The highest BCUT2D eigenvalue weighted by Crippen LogP contribution is 2.13. The van der Waals surface area contributed by atoms with Gasteiger partial charge in [0.25, 0.3) is 0 Å². The van der Waals surface area contributed by atoms with E-state index >= 15 is 0 Å². The Hall–Kier alpha value is -1.32. The molecular weight excluding hydrogens is 154 g/mol. The van der Waals surface area contributed by atoms with Crippen LogP contribution in [0.3, 0.4) is 0 Å². The number of carbonyl (C=O) groups excluding carboxylic acids is 1. The Kier molecular flexibility index (Phi) is 2.85. The van der Waals surface area contributed by atoms with Crippen molar-refractivity contribution >= 4 is 12.1 Å². The van der Waals surface area contributed by atoms with Gasteiger partial charge in [0.05, 0.1) is 5.70 Å². The molecule has 2 N–H and O–H groups in total. The summed E-state index contributed by atoms with van der Waals surface area (Å²) in [6, 6.07) is 0. The van der Waals surface area contributed by atoms with E-state index < -0.39 is 0 Å². The van der Waals surface area contributed by atoms with E-state index in [1.807, 2.05) is 0 Å². The minimum absolute atomic E-state index is 0.111. The maximum Gasteiger partial charge on any atom is 0.227 e.